The Morgan fingerprint density at radius 1 is 1.18 bits per heavy atom. The van der Waals surface area contributed by atoms with Crippen molar-refractivity contribution in [2.75, 3.05) is 0 Å². The maximum atomic E-state index is 2.54. The van der Waals surface area contributed by atoms with Crippen molar-refractivity contribution in [2.45, 2.75) is 33.6 Å². The maximum Gasteiger partial charge on any atom is -0.0238 e. The van der Waals surface area contributed by atoms with Gasteiger partial charge in [-0.2, -0.15) is 0 Å². The highest BCUT2D eigenvalue weighted by molar-refractivity contribution is 5.18. The van der Waals surface area contributed by atoms with Crippen LogP contribution in [0.25, 0.3) is 0 Å². The summed E-state index contributed by atoms with van der Waals surface area (Å²) in [4.78, 5) is 0. The molecule has 6 atom stereocenters. The number of hydrogen-bond donors (Lipinski definition) is 0. The smallest absolute Gasteiger partial charge is 0.0238 e. The molecule has 0 amide bonds. The van der Waals surface area contributed by atoms with E-state index in [2.05, 4.69) is 20.8 Å². The molecule has 0 radical (unpaired) electrons. The molecule has 62 valence electrons. The van der Waals surface area contributed by atoms with E-state index in [0.717, 1.165) is 35.0 Å². The van der Waals surface area contributed by atoms with Crippen LogP contribution in [0, 0.1) is 35.0 Å². The van der Waals surface area contributed by atoms with Crippen molar-refractivity contribution in [1.82, 2.24) is 0 Å². The molecule has 0 nitrogen and oxygen atoms in total. The summed E-state index contributed by atoms with van der Waals surface area (Å²) in [5, 5.41) is 0. The second-order valence-electron chi connectivity index (χ2n) is 5.48. The van der Waals surface area contributed by atoms with Crippen molar-refractivity contribution in [3.63, 3.8) is 0 Å². The van der Waals surface area contributed by atoms with Crippen LogP contribution >= 0.6 is 0 Å². The molecule has 2 unspecified atom stereocenters. The summed E-state index contributed by atoms with van der Waals surface area (Å²) in [5.74, 6) is 5.52. The molecular formula is C11H18. The highest BCUT2D eigenvalue weighted by atomic mass is 14.7. The van der Waals surface area contributed by atoms with Crippen molar-refractivity contribution >= 4 is 0 Å². The number of rotatable bonds is 0. The van der Waals surface area contributed by atoms with Gasteiger partial charge in [-0.15, -0.1) is 0 Å². The fraction of sp³-hybridized carbons (Fsp3) is 1.00. The molecule has 0 aromatic heterocycles. The Hall–Kier alpha value is 0. The summed E-state index contributed by atoms with van der Waals surface area (Å²) < 4.78 is 0. The first-order valence-electron chi connectivity index (χ1n) is 5.15. The van der Waals surface area contributed by atoms with Crippen LogP contribution in [-0.4, -0.2) is 0 Å². The first-order valence-corrected chi connectivity index (χ1v) is 5.15. The molecule has 3 rings (SSSR count). The summed E-state index contributed by atoms with van der Waals surface area (Å²) in [6, 6.07) is 0. The molecule has 0 heterocycles. The number of hydrogen-bond acceptors (Lipinski definition) is 0. The summed E-state index contributed by atoms with van der Waals surface area (Å²) in [6.45, 7) is 7.51. The lowest BCUT2D eigenvalue weighted by molar-refractivity contribution is -0.179. The molecule has 3 aliphatic carbocycles. The molecule has 0 bridgehead atoms. The van der Waals surface area contributed by atoms with Gasteiger partial charge < -0.3 is 0 Å². The SMILES string of the molecule is C[C@@H]1[C@@H]2CC3C[C@H](C)[C@]1(C)C32. The van der Waals surface area contributed by atoms with Crippen LogP contribution in [0.3, 0.4) is 0 Å². The van der Waals surface area contributed by atoms with Crippen LogP contribution < -0.4 is 0 Å². The third-order valence-electron chi connectivity index (χ3n) is 5.60. The Bertz CT molecular complexity index is 198. The van der Waals surface area contributed by atoms with Crippen LogP contribution in [0.4, 0.5) is 0 Å². The molecule has 0 N–H and O–H groups in total. The third-order valence-corrected chi connectivity index (χ3v) is 5.60. The predicted molar refractivity (Wildman–Crippen MR) is 46.1 cm³/mol. The Morgan fingerprint density at radius 3 is 2.55 bits per heavy atom. The van der Waals surface area contributed by atoms with Crippen molar-refractivity contribution in [2.24, 2.45) is 35.0 Å². The van der Waals surface area contributed by atoms with E-state index in [1.807, 2.05) is 0 Å². The van der Waals surface area contributed by atoms with Gasteiger partial charge in [0, 0.05) is 0 Å². The van der Waals surface area contributed by atoms with Gasteiger partial charge in [-0.1, -0.05) is 20.8 Å². The van der Waals surface area contributed by atoms with Gasteiger partial charge in [-0.3, -0.25) is 0 Å². The maximum absolute atomic E-state index is 2.54. The summed E-state index contributed by atoms with van der Waals surface area (Å²) >= 11 is 0. The van der Waals surface area contributed by atoms with Crippen LogP contribution in [0.1, 0.15) is 33.6 Å². The van der Waals surface area contributed by atoms with Gasteiger partial charge in [0.05, 0.1) is 0 Å². The van der Waals surface area contributed by atoms with Gasteiger partial charge in [-0.25, -0.2) is 0 Å². The van der Waals surface area contributed by atoms with Gasteiger partial charge in [0.15, 0.2) is 0 Å². The first-order chi connectivity index (χ1) is 5.15. The quantitative estimate of drug-likeness (QED) is 0.498. The summed E-state index contributed by atoms with van der Waals surface area (Å²) in [5.41, 5.74) is 0.771. The van der Waals surface area contributed by atoms with Crippen molar-refractivity contribution < 1.29 is 0 Å². The van der Waals surface area contributed by atoms with Gasteiger partial charge in [-0.05, 0) is 47.8 Å². The van der Waals surface area contributed by atoms with E-state index in [1.54, 1.807) is 12.8 Å². The van der Waals surface area contributed by atoms with Gasteiger partial charge in [0.25, 0.3) is 0 Å². The Labute approximate surface area is 69.4 Å². The van der Waals surface area contributed by atoms with Gasteiger partial charge in [0.1, 0.15) is 0 Å². The average molecular weight is 150 g/mol. The van der Waals surface area contributed by atoms with E-state index in [9.17, 15) is 0 Å². The molecule has 3 aliphatic rings. The minimum Gasteiger partial charge on any atom is -0.0620 e. The van der Waals surface area contributed by atoms with Gasteiger partial charge >= 0.3 is 0 Å². The minimum atomic E-state index is 0.771. The van der Waals surface area contributed by atoms with E-state index >= 15 is 0 Å². The molecule has 0 spiro atoms. The van der Waals surface area contributed by atoms with E-state index in [1.165, 1.54) is 0 Å². The van der Waals surface area contributed by atoms with Gasteiger partial charge in [0.2, 0.25) is 0 Å². The molecule has 0 heteroatoms. The zero-order chi connectivity index (χ0) is 7.80. The fourth-order valence-electron chi connectivity index (χ4n) is 4.66. The molecule has 0 aromatic carbocycles. The van der Waals surface area contributed by atoms with Crippen molar-refractivity contribution in [3.05, 3.63) is 0 Å². The molecule has 0 aromatic rings. The zero-order valence-corrected chi connectivity index (χ0v) is 7.80. The fourth-order valence-corrected chi connectivity index (χ4v) is 4.66. The molecule has 11 heavy (non-hydrogen) atoms. The van der Waals surface area contributed by atoms with E-state index < -0.39 is 0 Å². The van der Waals surface area contributed by atoms with E-state index in [-0.39, 0.29) is 0 Å². The lowest BCUT2D eigenvalue weighted by Gasteiger charge is -2.66. The van der Waals surface area contributed by atoms with Crippen LogP contribution in [0.5, 0.6) is 0 Å². The summed E-state index contributed by atoms with van der Waals surface area (Å²) in [7, 11) is 0. The molecule has 0 aliphatic heterocycles. The first kappa shape index (κ1) is 6.51. The lowest BCUT2D eigenvalue weighted by atomic mass is 9.39. The standard InChI is InChI=1S/C11H18/c1-6-4-8-5-9-7(2)11(6,3)10(8)9/h6-10H,4-5H2,1-3H3/t6-,7+,8?,9-,10?,11-/m0/s1. The Balaban J connectivity index is 2.00. The normalized spacial score (nSPS) is 71.7. The zero-order valence-electron chi connectivity index (χ0n) is 7.80. The second-order valence-corrected chi connectivity index (χ2v) is 5.48. The molecule has 3 saturated carbocycles. The highest BCUT2D eigenvalue weighted by Gasteiger charge is 2.70. The second kappa shape index (κ2) is 1.53. The molecule has 3 fully saturated rings. The van der Waals surface area contributed by atoms with Crippen molar-refractivity contribution in [1.29, 1.82) is 0 Å². The van der Waals surface area contributed by atoms with Crippen molar-refractivity contribution in [3.8, 4) is 0 Å². The topological polar surface area (TPSA) is 0 Å². The molecular weight excluding hydrogens is 132 g/mol. The largest absolute Gasteiger partial charge is 0.0620 e. The lowest BCUT2D eigenvalue weighted by Crippen LogP contribution is -2.60. The molecule has 0 saturated heterocycles. The van der Waals surface area contributed by atoms with E-state index in [0.29, 0.717) is 0 Å². The van der Waals surface area contributed by atoms with Crippen LogP contribution in [0.2, 0.25) is 0 Å². The highest BCUT2D eigenvalue weighted by Crippen LogP contribution is 2.76. The Kier molecular flexibility index (Phi) is 0.906. The third kappa shape index (κ3) is 0.443. The van der Waals surface area contributed by atoms with Crippen LogP contribution in [-0.2, 0) is 0 Å². The average Bonchev–Trinajstić information content (AvgIpc) is 2.00. The summed E-state index contributed by atoms with van der Waals surface area (Å²) in [6.07, 6.45) is 3.12. The minimum absolute atomic E-state index is 0.771. The predicted octanol–water partition coefficient (Wildman–Crippen LogP) is 2.93. The van der Waals surface area contributed by atoms with E-state index in [4.69, 9.17) is 0 Å². The Morgan fingerprint density at radius 2 is 1.91 bits per heavy atom. The van der Waals surface area contributed by atoms with Crippen LogP contribution in [0.15, 0.2) is 0 Å². The monoisotopic (exact) mass is 150 g/mol.